The minimum Gasteiger partial charge on any atom is -0.465 e. The van der Waals surface area contributed by atoms with E-state index in [1.165, 1.54) is 0 Å². The lowest BCUT2D eigenvalue weighted by Gasteiger charge is -2.23. The van der Waals surface area contributed by atoms with Gasteiger partial charge in [-0.05, 0) is 6.42 Å². The molecule has 2 aliphatic carbocycles. The molecule has 0 unspecified atom stereocenters. The summed E-state index contributed by atoms with van der Waals surface area (Å²) in [4.78, 5) is 11.3. The molecule has 13 heavy (non-hydrogen) atoms. The van der Waals surface area contributed by atoms with Crippen LogP contribution in [-0.4, -0.2) is 35.0 Å². The summed E-state index contributed by atoms with van der Waals surface area (Å²) in [6.07, 6.45) is -0.365. The zero-order chi connectivity index (χ0) is 9.16. The predicted octanol–water partition coefficient (Wildman–Crippen LogP) is -0.853. The van der Waals surface area contributed by atoms with Crippen molar-refractivity contribution in [2.45, 2.75) is 18.6 Å². The summed E-state index contributed by atoms with van der Waals surface area (Å²) < 4.78 is 4.94. The number of carbonyl (C=O) groups is 1. The molecular formula is C9H12O4. The van der Waals surface area contributed by atoms with E-state index in [2.05, 4.69) is 0 Å². The van der Waals surface area contributed by atoms with Crippen LogP contribution in [0, 0.1) is 23.7 Å². The van der Waals surface area contributed by atoms with Crippen LogP contribution in [0.1, 0.15) is 6.42 Å². The van der Waals surface area contributed by atoms with Gasteiger partial charge < -0.3 is 14.9 Å². The summed E-state index contributed by atoms with van der Waals surface area (Å²) in [7, 11) is 0. The first-order valence-electron chi connectivity index (χ1n) is 4.73. The maximum Gasteiger partial charge on any atom is 0.309 e. The fourth-order valence-corrected chi connectivity index (χ4v) is 3.38. The lowest BCUT2D eigenvalue weighted by Crippen LogP contribution is -2.31. The summed E-state index contributed by atoms with van der Waals surface area (Å²) in [5.74, 6) is -0.426. The minimum absolute atomic E-state index is 0.0556. The summed E-state index contributed by atoms with van der Waals surface area (Å²) in [5.41, 5.74) is 0. The number of cyclic esters (lactones) is 1. The van der Waals surface area contributed by atoms with E-state index in [0.717, 1.165) is 0 Å². The zero-order valence-corrected chi connectivity index (χ0v) is 7.09. The molecule has 6 atom stereocenters. The Balaban J connectivity index is 1.98. The molecule has 3 aliphatic rings. The molecule has 0 aromatic heterocycles. The number of rotatable bonds is 0. The molecule has 3 fully saturated rings. The first kappa shape index (κ1) is 7.76. The summed E-state index contributed by atoms with van der Waals surface area (Å²) in [6, 6.07) is 0. The van der Waals surface area contributed by atoms with E-state index in [4.69, 9.17) is 4.74 Å². The third-order valence-electron chi connectivity index (χ3n) is 3.90. The topological polar surface area (TPSA) is 66.8 Å². The van der Waals surface area contributed by atoms with Crippen molar-refractivity contribution in [3.8, 4) is 0 Å². The molecule has 1 aliphatic heterocycles. The lowest BCUT2D eigenvalue weighted by molar-refractivity contribution is -0.143. The van der Waals surface area contributed by atoms with Crippen molar-refractivity contribution in [1.29, 1.82) is 0 Å². The van der Waals surface area contributed by atoms with Gasteiger partial charge in [0.1, 0.15) is 0 Å². The molecule has 2 N–H and O–H groups in total. The van der Waals surface area contributed by atoms with Crippen molar-refractivity contribution < 1.29 is 19.7 Å². The number of aliphatic hydroxyl groups excluding tert-OH is 2. The van der Waals surface area contributed by atoms with Gasteiger partial charge in [0.2, 0.25) is 0 Å². The highest BCUT2D eigenvalue weighted by Gasteiger charge is 2.63. The number of esters is 1. The van der Waals surface area contributed by atoms with Gasteiger partial charge in [0, 0.05) is 17.8 Å². The second-order valence-corrected chi connectivity index (χ2v) is 4.35. The highest BCUT2D eigenvalue weighted by molar-refractivity contribution is 5.76. The SMILES string of the molecule is O=C1OC[C@H]2[C@H]1[C@@H]1C[C@H](O)[C@H]2[C@@H]1O. The molecule has 4 heteroatoms. The van der Waals surface area contributed by atoms with Crippen molar-refractivity contribution in [1.82, 2.24) is 0 Å². The smallest absolute Gasteiger partial charge is 0.309 e. The Morgan fingerprint density at radius 2 is 2.08 bits per heavy atom. The van der Waals surface area contributed by atoms with Gasteiger partial charge in [0.05, 0.1) is 24.7 Å². The largest absolute Gasteiger partial charge is 0.465 e. The first-order chi connectivity index (χ1) is 6.20. The molecular weight excluding hydrogens is 172 g/mol. The summed E-state index contributed by atoms with van der Waals surface area (Å²) >= 11 is 0. The number of fused-ring (bicyclic) bond motifs is 5. The van der Waals surface area contributed by atoms with Crippen LogP contribution in [0.25, 0.3) is 0 Å². The molecule has 3 rings (SSSR count). The van der Waals surface area contributed by atoms with Crippen molar-refractivity contribution in [3.05, 3.63) is 0 Å². The van der Waals surface area contributed by atoms with E-state index in [-0.39, 0.29) is 29.6 Å². The average Bonchev–Trinajstić information content (AvgIpc) is 2.64. The van der Waals surface area contributed by atoms with Crippen LogP contribution in [0.15, 0.2) is 0 Å². The maximum atomic E-state index is 11.3. The summed E-state index contributed by atoms with van der Waals surface area (Å²) in [6.45, 7) is 0.388. The van der Waals surface area contributed by atoms with E-state index >= 15 is 0 Å². The minimum atomic E-state index is -0.488. The lowest BCUT2D eigenvalue weighted by atomic mass is 9.80. The van der Waals surface area contributed by atoms with Crippen molar-refractivity contribution in [2.75, 3.05) is 6.61 Å². The average molecular weight is 184 g/mol. The number of hydrogen-bond acceptors (Lipinski definition) is 4. The van der Waals surface area contributed by atoms with E-state index in [9.17, 15) is 15.0 Å². The van der Waals surface area contributed by atoms with Crippen molar-refractivity contribution in [2.24, 2.45) is 23.7 Å². The molecule has 0 aromatic rings. The Morgan fingerprint density at radius 1 is 1.31 bits per heavy atom. The fraction of sp³-hybridized carbons (Fsp3) is 0.889. The van der Waals surface area contributed by atoms with Crippen LogP contribution in [-0.2, 0) is 9.53 Å². The van der Waals surface area contributed by atoms with Gasteiger partial charge in [-0.3, -0.25) is 4.79 Å². The number of ether oxygens (including phenoxy) is 1. The second kappa shape index (κ2) is 2.25. The van der Waals surface area contributed by atoms with Gasteiger partial charge in [-0.25, -0.2) is 0 Å². The Morgan fingerprint density at radius 3 is 2.85 bits per heavy atom. The highest BCUT2D eigenvalue weighted by Crippen LogP contribution is 2.55. The molecule has 0 spiro atoms. The van der Waals surface area contributed by atoms with E-state index < -0.39 is 12.2 Å². The number of carbonyl (C=O) groups excluding carboxylic acids is 1. The standard InChI is InChI=1S/C9H12O4/c10-5-1-3-6-4(2-13-9(6)12)7(5)8(3)11/h3-8,10-11H,1-2H2/t3-,4-,5-,6+,7-,8+/m0/s1. The van der Waals surface area contributed by atoms with Crippen LogP contribution in [0.4, 0.5) is 0 Å². The molecule has 0 aromatic carbocycles. The number of hydrogen-bond donors (Lipinski definition) is 2. The van der Waals surface area contributed by atoms with Crippen molar-refractivity contribution >= 4 is 5.97 Å². The third kappa shape index (κ3) is 0.758. The van der Waals surface area contributed by atoms with Gasteiger partial charge in [0.25, 0.3) is 0 Å². The molecule has 2 bridgehead atoms. The van der Waals surface area contributed by atoms with E-state index in [0.29, 0.717) is 13.0 Å². The van der Waals surface area contributed by atoms with Gasteiger partial charge in [-0.1, -0.05) is 0 Å². The zero-order valence-electron chi connectivity index (χ0n) is 7.09. The van der Waals surface area contributed by atoms with Crippen LogP contribution in [0.5, 0.6) is 0 Å². The monoisotopic (exact) mass is 184 g/mol. The van der Waals surface area contributed by atoms with E-state index in [1.54, 1.807) is 0 Å². The fourth-order valence-electron chi connectivity index (χ4n) is 3.38. The molecule has 2 saturated carbocycles. The van der Waals surface area contributed by atoms with Crippen LogP contribution in [0.2, 0.25) is 0 Å². The van der Waals surface area contributed by atoms with E-state index in [1.807, 2.05) is 0 Å². The van der Waals surface area contributed by atoms with Crippen LogP contribution < -0.4 is 0 Å². The molecule has 1 saturated heterocycles. The quantitative estimate of drug-likeness (QED) is 0.481. The Hall–Kier alpha value is -0.610. The van der Waals surface area contributed by atoms with Gasteiger partial charge in [-0.15, -0.1) is 0 Å². The van der Waals surface area contributed by atoms with Gasteiger partial charge in [0.15, 0.2) is 0 Å². The Bertz CT molecular complexity index is 262. The highest BCUT2D eigenvalue weighted by atomic mass is 16.5. The molecule has 4 nitrogen and oxygen atoms in total. The second-order valence-electron chi connectivity index (χ2n) is 4.35. The number of aliphatic hydroxyl groups is 2. The van der Waals surface area contributed by atoms with Crippen LogP contribution >= 0.6 is 0 Å². The Kier molecular flexibility index (Phi) is 1.34. The van der Waals surface area contributed by atoms with Crippen molar-refractivity contribution in [3.63, 3.8) is 0 Å². The van der Waals surface area contributed by atoms with Gasteiger partial charge in [-0.2, -0.15) is 0 Å². The molecule has 0 radical (unpaired) electrons. The molecule has 1 heterocycles. The van der Waals surface area contributed by atoms with Gasteiger partial charge >= 0.3 is 5.97 Å². The predicted molar refractivity (Wildman–Crippen MR) is 41.5 cm³/mol. The third-order valence-corrected chi connectivity index (χ3v) is 3.90. The summed E-state index contributed by atoms with van der Waals surface area (Å²) in [5, 5.41) is 19.4. The first-order valence-corrected chi connectivity index (χ1v) is 4.73. The Labute approximate surface area is 75.5 Å². The maximum absolute atomic E-state index is 11.3. The molecule has 72 valence electrons. The normalized spacial score (nSPS) is 58.2. The molecule has 0 amide bonds. The van der Waals surface area contributed by atoms with Crippen LogP contribution in [0.3, 0.4) is 0 Å².